The summed E-state index contributed by atoms with van der Waals surface area (Å²) in [6.07, 6.45) is 4.83. The molecule has 1 rings (SSSR count). The van der Waals surface area contributed by atoms with Crippen LogP contribution in [-0.4, -0.2) is 32.8 Å². The fraction of sp³-hybridized carbons (Fsp3) is 0.500. The van der Waals surface area contributed by atoms with E-state index in [9.17, 15) is 9.59 Å². The van der Waals surface area contributed by atoms with Gasteiger partial charge in [0.05, 0.1) is 5.69 Å². The van der Waals surface area contributed by atoms with Crippen LogP contribution in [0.15, 0.2) is 6.08 Å². The lowest BCUT2D eigenvalue weighted by molar-refractivity contribution is -0.140. The summed E-state index contributed by atoms with van der Waals surface area (Å²) in [5.41, 5.74) is 1.40. The van der Waals surface area contributed by atoms with Gasteiger partial charge >= 0.3 is 5.97 Å². The summed E-state index contributed by atoms with van der Waals surface area (Å²) in [5.74, 6) is -1.57. The molecule has 21 heavy (non-hydrogen) atoms. The minimum absolute atomic E-state index is 0.483. The molecule has 0 saturated heterocycles. The van der Waals surface area contributed by atoms with Crippen LogP contribution in [-0.2, 0) is 16.1 Å². The van der Waals surface area contributed by atoms with Crippen LogP contribution in [0.3, 0.4) is 0 Å². The predicted molar refractivity (Wildman–Crippen MR) is 81.2 cm³/mol. The Bertz CT molecular complexity index is 552. The summed E-state index contributed by atoms with van der Waals surface area (Å²) in [7, 11) is 0. The molecule has 0 radical (unpaired) electrons. The first kappa shape index (κ1) is 17.2. The third-order valence-corrected chi connectivity index (χ3v) is 3.36. The molecule has 1 atom stereocenters. The number of aliphatic carboxylic acids is 1. The molecule has 0 aliphatic heterocycles. The minimum Gasteiger partial charge on any atom is -0.480 e. The number of aryl methyl sites for hydroxylation is 2. The molecular formula is C14H20ClN3O3. The SMILES string of the molecule is CCCCn1nc(C)c(C=CC(=O)N[C@@H](C)C(=O)O)c1Cl. The number of amides is 1. The van der Waals surface area contributed by atoms with E-state index in [1.54, 1.807) is 10.8 Å². The van der Waals surface area contributed by atoms with Crippen molar-refractivity contribution in [3.05, 3.63) is 22.5 Å². The maximum atomic E-state index is 11.6. The standard InChI is InChI=1S/C14H20ClN3O3/c1-4-5-8-18-13(15)11(9(2)17-18)6-7-12(19)16-10(3)14(20)21/h6-7,10H,4-5,8H2,1-3H3,(H,16,19)(H,20,21)/t10-/m0/s1. The van der Waals surface area contributed by atoms with Crippen LogP contribution in [0, 0.1) is 6.92 Å². The van der Waals surface area contributed by atoms with Gasteiger partial charge in [0.2, 0.25) is 5.91 Å². The molecule has 0 bridgehead atoms. The molecule has 2 N–H and O–H groups in total. The van der Waals surface area contributed by atoms with Gasteiger partial charge in [0.15, 0.2) is 0 Å². The van der Waals surface area contributed by atoms with Gasteiger partial charge in [-0.25, -0.2) is 0 Å². The lowest BCUT2D eigenvalue weighted by Gasteiger charge is -2.05. The molecule has 6 nitrogen and oxygen atoms in total. The van der Waals surface area contributed by atoms with E-state index in [0.717, 1.165) is 25.1 Å². The number of aromatic nitrogens is 2. The van der Waals surface area contributed by atoms with Crippen LogP contribution in [0.5, 0.6) is 0 Å². The topological polar surface area (TPSA) is 84.2 Å². The molecule has 0 aromatic carbocycles. The van der Waals surface area contributed by atoms with Gasteiger partial charge in [-0.2, -0.15) is 5.10 Å². The number of nitrogens with zero attached hydrogens (tertiary/aromatic N) is 2. The average Bonchev–Trinajstić information content (AvgIpc) is 2.68. The van der Waals surface area contributed by atoms with E-state index in [4.69, 9.17) is 16.7 Å². The van der Waals surface area contributed by atoms with Gasteiger partial charge in [0.25, 0.3) is 0 Å². The second-order valence-corrected chi connectivity index (χ2v) is 5.13. The molecular weight excluding hydrogens is 294 g/mol. The van der Waals surface area contributed by atoms with Gasteiger partial charge in [-0.05, 0) is 26.3 Å². The van der Waals surface area contributed by atoms with E-state index in [1.165, 1.54) is 13.0 Å². The molecule has 0 spiro atoms. The largest absolute Gasteiger partial charge is 0.480 e. The maximum Gasteiger partial charge on any atom is 0.325 e. The molecule has 1 aromatic heterocycles. The maximum absolute atomic E-state index is 11.6. The zero-order valence-corrected chi connectivity index (χ0v) is 13.1. The average molecular weight is 314 g/mol. The minimum atomic E-state index is -1.08. The van der Waals surface area contributed by atoms with Crippen LogP contribution in [0.4, 0.5) is 0 Å². The highest BCUT2D eigenvalue weighted by Gasteiger charge is 2.13. The normalized spacial score (nSPS) is 12.6. The van der Waals surface area contributed by atoms with Crippen LogP contribution in [0.2, 0.25) is 5.15 Å². The highest BCUT2D eigenvalue weighted by atomic mass is 35.5. The van der Waals surface area contributed by atoms with Crippen molar-refractivity contribution in [3.8, 4) is 0 Å². The fourth-order valence-corrected chi connectivity index (χ4v) is 2.02. The van der Waals surface area contributed by atoms with Crippen LogP contribution in [0.25, 0.3) is 6.08 Å². The van der Waals surface area contributed by atoms with Gasteiger partial charge in [0.1, 0.15) is 11.2 Å². The van der Waals surface area contributed by atoms with Gasteiger partial charge in [0, 0.05) is 18.2 Å². The molecule has 0 fully saturated rings. The summed E-state index contributed by atoms with van der Waals surface area (Å²) in [6.45, 7) is 6.02. The highest BCUT2D eigenvalue weighted by molar-refractivity contribution is 6.31. The van der Waals surface area contributed by atoms with E-state index in [0.29, 0.717) is 10.7 Å². The van der Waals surface area contributed by atoms with Crippen molar-refractivity contribution in [1.82, 2.24) is 15.1 Å². The number of hydrogen-bond acceptors (Lipinski definition) is 3. The third-order valence-electron chi connectivity index (χ3n) is 2.96. The summed E-state index contributed by atoms with van der Waals surface area (Å²) >= 11 is 6.23. The van der Waals surface area contributed by atoms with Gasteiger partial charge in [-0.15, -0.1) is 0 Å². The summed E-state index contributed by atoms with van der Waals surface area (Å²) in [5, 5.41) is 15.9. The van der Waals surface area contributed by atoms with E-state index in [-0.39, 0.29) is 0 Å². The van der Waals surface area contributed by atoms with E-state index < -0.39 is 17.9 Å². The van der Waals surface area contributed by atoms with Crippen molar-refractivity contribution in [3.63, 3.8) is 0 Å². The number of halogens is 1. The Hall–Kier alpha value is -1.82. The zero-order chi connectivity index (χ0) is 16.0. The molecule has 1 amide bonds. The van der Waals surface area contributed by atoms with Crippen LogP contribution in [0.1, 0.15) is 37.9 Å². The molecule has 0 unspecified atom stereocenters. The third kappa shape index (κ3) is 4.90. The number of nitrogens with one attached hydrogen (secondary N) is 1. The highest BCUT2D eigenvalue weighted by Crippen LogP contribution is 2.21. The smallest absolute Gasteiger partial charge is 0.325 e. The van der Waals surface area contributed by atoms with Crippen LogP contribution < -0.4 is 5.32 Å². The number of carbonyl (C=O) groups excluding carboxylic acids is 1. The van der Waals surface area contributed by atoms with Gasteiger partial charge in [-0.1, -0.05) is 24.9 Å². The predicted octanol–water partition coefficient (Wildman–Crippen LogP) is 2.25. The van der Waals surface area contributed by atoms with E-state index >= 15 is 0 Å². The number of carbonyl (C=O) groups is 2. The van der Waals surface area contributed by atoms with Gasteiger partial charge in [-0.3, -0.25) is 14.3 Å². The number of rotatable bonds is 7. The molecule has 1 aromatic rings. The molecule has 1 heterocycles. The Morgan fingerprint density at radius 2 is 2.19 bits per heavy atom. The molecule has 0 saturated carbocycles. The molecule has 0 aliphatic rings. The lowest BCUT2D eigenvalue weighted by atomic mass is 10.2. The van der Waals surface area contributed by atoms with E-state index in [2.05, 4.69) is 17.3 Å². The molecule has 0 aliphatic carbocycles. The van der Waals surface area contributed by atoms with Gasteiger partial charge < -0.3 is 10.4 Å². The Kier molecular flexibility index (Phi) is 6.42. The van der Waals surface area contributed by atoms with Crippen molar-refractivity contribution in [1.29, 1.82) is 0 Å². The summed E-state index contributed by atoms with van der Waals surface area (Å²) in [4.78, 5) is 22.2. The first-order valence-corrected chi connectivity index (χ1v) is 7.18. The summed E-state index contributed by atoms with van der Waals surface area (Å²) < 4.78 is 1.71. The van der Waals surface area contributed by atoms with Crippen molar-refractivity contribution in [2.45, 2.75) is 46.2 Å². The van der Waals surface area contributed by atoms with Crippen molar-refractivity contribution in [2.75, 3.05) is 0 Å². The first-order chi connectivity index (χ1) is 9.86. The second kappa shape index (κ2) is 7.83. The molecule has 7 heteroatoms. The second-order valence-electron chi connectivity index (χ2n) is 4.77. The van der Waals surface area contributed by atoms with Crippen LogP contribution >= 0.6 is 11.6 Å². The Morgan fingerprint density at radius 1 is 1.52 bits per heavy atom. The Morgan fingerprint density at radius 3 is 2.76 bits per heavy atom. The Labute approximate surface area is 128 Å². The summed E-state index contributed by atoms with van der Waals surface area (Å²) in [6, 6.07) is -0.939. The van der Waals surface area contributed by atoms with Crippen molar-refractivity contribution < 1.29 is 14.7 Å². The fourth-order valence-electron chi connectivity index (χ4n) is 1.69. The lowest BCUT2D eigenvalue weighted by Crippen LogP contribution is -2.37. The monoisotopic (exact) mass is 313 g/mol. The number of carboxylic acid groups (broad SMARTS) is 1. The van der Waals surface area contributed by atoms with Crippen molar-refractivity contribution in [2.24, 2.45) is 0 Å². The zero-order valence-electron chi connectivity index (χ0n) is 12.4. The quantitative estimate of drug-likeness (QED) is 0.756. The van der Waals surface area contributed by atoms with E-state index in [1.807, 2.05) is 6.92 Å². The number of hydrogen-bond donors (Lipinski definition) is 2. The first-order valence-electron chi connectivity index (χ1n) is 6.81. The number of unbranched alkanes of at least 4 members (excludes halogenated alkanes) is 1. The number of carboxylic acids is 1. The Balaban J connectivity index is 2.78. The molecule has 116 valence electrons. The van der Waals surface area contributed by atoms with Crippen molar-refractivity contribution >= 4 is 29.6 Å².